The zero-order valence-electron chi connectivity index (χ0n) is 13.8. The Kier molecular flexibility index (Phi) is 4.50. The molecule has 0 radical (unpaired) electrons. The second kappa shape index (κ2) is 6.27. The molecular formula is C18H25NO3S. The number of hydrogen-bond donors (Lipinski definition) is 1. The van der Waals surface area contributed by atoms with E-state index in [1.165, 1.54) is 31.9 Å². The van der Waals surface area contributed by atoms with Crippen LogP contribution in [-0.2, 0) is 15.6 Å². The van der Waals surface area contributed by atoms with Crippen LogP contribution in [0, 0.1) is 17.8 Å². The molecule has 3 rings (SSSR count). The average molecular weight is 335 g/mol. The van der Waals surface area contributed by atoms with Crippen LogP contribution in [0.25, 0.3) is 0 Å². The van der Waals surface area contributed by atoms with Gasteiger partial charge in [0.2, 0.25) is 0 Å². The number of carbonyl (C=O) groups is 1. The summed E-state index contributed by atoms with van der Waals surface area (Å²) in [5.41, 5.74) is 1.31. The molecule has 2 aliphatic rings. The summed E-state index contributed by atoms with van der Waals surface area (Å²) < 4.78 is 22.6. The van der Waals surface area contributed by atoms with Crippen molar-refractivity contribution in [2.75, 3.05) is 6.26 Å². The van der Waals surface area contributed by atoms with E-state index in [1.54, 1.807) is 24.3 Å². The number of fused-ring (bicyclic) bond motifs is 2. The summed E-state index contributed by atoms with van der Waals surface area (Å²) in [6.07, 6.45) is 6.48. The molecule has 0 aromatic heterocycles. The molecule has 2 aliphatic carbocycles. The van der Waals surface area contributed by atoms with Gasteiger partial charge in [0, 0.05) is 17.9 Å². The van der Waals surface area contributed by atoms with Gasteiger partial charge in [-0.05, 0) is 61.6 Å². The van der Waals surface area contributed by atoms with Crippen molar-refractivity contribution in [3.8, 4) is 0 Å². The van der Waals surface area contributed by atoms with Crippen LogP contribution in [-0.4, -0.2) is 26.6 Å². The maximum atomic E-state index is 12.4. The third-order valence-corrected chi connectivity index (χ3v) is 6.30. The van der Waals surface area contributed by atoms with E-state index in [0.29, 0.717) is 17.0 Å². The first-order chi connectivity index (χ1) is 10.8. The van der Waals surface area contributed by atoms with Crippen molar-refractivity contribution < 1.29 is 13.2 Å². The van der Waals surface area contributed by atoms with E-state index in [0.717, 1.165) is 11.8 Å². The lowest BCUT2D eigenvalue weighted by molar-refractivity contribution is 0.0915. The Hall–Kier alpha value is -1.36. The van der Waals surface area contributed by atoms with Gasteiger partial charge < -0.3 is 5.32 Å². The van der Waals surface area contributed by atoms with E-state index in [4.69, 9.17) is 0 Å². The molecule has 2 saturated carbocycles. The Morgan fingerprint density at radius 1 is 1.22 bits per heavy atom. The third-order valence-electron chi connectivity index (χ3n) is 5.44. The van der Waals surface area contributed by atoms with Crippen LogP contribution in [0.2, 0.25) is 0 Å². The fourth-order valence-electron chi connectivity index (χ4n) is 4.36. The zero-order chi connectivity index (χ0) is 16.6. The Morgan fingerprint density at radius 3 is 2.43 bits per heavy atom. The number of nitrogens with one attached hydrogen (secondary N) is 1. The molecule has 0 heterocycles. The first-order valence-electron chi connectivity index (χ1n) is 8.39. The average Bonchev–Trinajstić information content (AvgIpc) is 3.08. The van der Waals surface area contributed by atoms with Crippen LogP contribution >= 0.6 is 0 Å². The largest absolute Gasteiger partial charge is 0.349 e. The van der Waals surface area contributed by atoms with Crippen molar-refractivity contribution >= 4 is 15.7 Å². The maximum absolute atomic E-state index is 12.4. The second-order valence-corrected chi connectivity index (χ2v) is 9.51. The van der Waals surface area contributed by atoms with Gasteiger partial charge >= 0.3 is 0 Å². The Morgan fingerprint density at radius 2 is 1.91 bits per heavy atom. The fraction of sp³-hybridized carbons (Fsp3) is 0.611. The van der Waals surface area contributed by atoms with Crippen molar-refractivity contribution in [3.05, 3.63) is 35.4 Å². The number of sulfone groups is 1. The first-order valence-corrected chi connectivity index (χ1v) is 10.5. The van der Waals surface area contributed by atoms with Crippen molar-refractivity contribution in [2.45, 2.75) is 44.4 Å². The summed E-state index contributed by atoms with van der Waals surface area (Å²) in [5, 5.41) is 3.13. The molecule has 2 fully saturated rings. The minimum absolute atomic E-state index is 0.0104. The standard InChI is InChI=1S/C18H25NO3S/c1-12(17-10-14-5-8-16(17)9-14)19-18(20)15-6-3-13(4-7-15)11-23(2,21)22/h3-4,6-7,12,14,16-17H,5,8-11H2,1-2H3,(H,19,20)/t12-,14+,16+,17+/m1/s1. The first kappa shape index (κ1) is 16.5. The molecule has 2 bridgehead atoms. The van der Waals surface area contributed by atoms with Gasteiger partial charge in [0.1, 0.15) is 0 Å². The highest BCUT2D eigenvalue weighted by Crippen LogP contribution is 2.49. The monoisotopic (exact) mass is 335 g/mol. The predicted octanol–water partition coefficient (Wildman–Crippen LogP) is 2.79. The molecular weight excluding hydrogens is 310 g/mol. The topological polar surface area (TPSA) is 63.2 Å². The quantitative estimate of drug-likeness (QED) is 0.900. The zero-order valence-corrected chi connectivity index (χ0v) is 14.6. The summed E-state index contributed by atoms with van der Waals surface area (Å²) >= 11 is 0. The number of hydrogen-bond acceptors (Lipinski definition) is 3. The molecule has 0 unspecified atom stereocenters. The lowest BCUT2D eigenvalue weighted by atomic mass is 9.84. The minimum Gasteiger partial charge on any atom is -0.349 e. The van der Waals surface area contributed by atoms with E-state index in [9.17, 15) is 13.2 Å². The molecule has 126 valence electrons. The summed E-state index contributed by atoms with van der Waals surface area (Å²) in [6, 6.07) is 7.07. The smallest absolute Gasteiger partial charge is 0.251 e. The van der Waals surface area contributed by atoms with Crippen LogP contribution in [0.3, 0.4) is 0 Å². The van der Waals surface area contributed by atoms with Gasteiger partial charge in [0.25, 0.3) is 5.91 Å². The molecule has 4 nitrogen and oxygen atoms in total. The van der Waals surface area contributed by atoms with Gasteiger partial charge in [-0.3, -0.25) is 4.79 Å². The van der Waals surface area contributed by atoms with Crippen LogP contribution < -0.4 is 5.32 Å². The molecule has 0 spiro atoms. The Balaban J connectivity index is 1.59. The normalized spacial score (nSPS) is 27.8. The van der Waals surface area contributed by atoms with Crippen LogP contribution in [0.4, 0.5) is 0 Å². The lowest BCUT2D eigenvalue weighted by Crippen LogP contribution is -2.40. The Bertz CT molecular complexity index is 681. The van der Waals surface area contributed by atoms with Crippen molar-refractivity contribution in [1.82, 2.24) is 5.32 Å². The summed E-state index contributed by atoms with van der Waals surface area (Å²) in [4.78, 5) is 12.4. The van der Waals surface area contributed by atoms with Crippen molar-refractivity contribution in [3.63, 3.8) is 0 Å². The summed E-state index contributed by atoms with van der Waals surface area (Å²) in [7, 11) is -3.05. The Labute approximate surface area is 138 Å². The van der Waals surface area contributed by atoms with Crippen molar-refractivity contribution in [2.24, 2.45) is 17.8 Å². The van der Waals surface area contributed by atoms with Gasteiger partial charge in [-0.25, -0.2) is 8.42 Å². The van der Waals surface area contributed by atoms with E-state index in [2.05, 4.69) is 12.2 Å². The molecule has 0 aliphatic heterocycles. The van der Waals surface area contributed by atoms with Crippen molar-refractivity contribution in [1.29, 1.82) is 0 Å². The molecule has 23 heavy (non-hydrogen) atoms. The predicted molar refractivity (Wildman–Crippen MR) is 90.9 cm³/mol. The highest BCUT2D eigenvalue weighted by Gasteiger charge is 2.42. The van der Waals surface area contributed by atoms with Crippen LogP contribution in [0.15, 0.2) is 24.3 Å². The maximum Gasteiger partial charge on any atom is 0.251 e. The third kappa shape index (κ3) is 3.94. The van der Waals surface area contributed by atoms with E-state index in [1.807, 2.05) is 0 Å². The van der Waals surface area contributed by atoms with Gasteiger partial charge in [-0.1, -0.05) is 18.6 Å². The van der Waals surface area contributed by atoms with Gasteiger partial charge in [-0.2, -0.15) is 0 Å². The van der Waals surface area contributed by atoms with Crippen LogP contribution in [0.5, 0.6) is 0 Å². The van der Waals surface area contributed by atoms with Crippen LogP contribution in [0.1, 0.15) is 48.5 Å². The number of rotatable bonds is 5. The second-order valence-electron chi connectivity index (χ2n) is 7.37. The fourth-order valence-corrected chi connectivity index (χ4v) is 5.16. The number of benzene rings is 1. The van der Waals surface area contributed by atoms with Gasteiger partial charge in [0.05, 0.1) is 5.75 Å². The van der Waals surface area contributed by atoms with E-state index < -0.39 is 9.84 Å². The molecule has 1 N–H and O–H groups in total. The summed E-state index contributed by atoms with van der Waals surface area (Å²) in [5.74, 6) is 2.22. The SMILES string of the molecule is C[C@@H](NC(=O)c1ccc(CS(C)(=O)=O)cc1)[C@@H]1C[C@H]2CC[C@H]1C2. The number of carbonyl (C=O) groups excluding carboxylic acids is 1. The molecule has 1 aromatic carbocycles. The highest BCUT2D eigenvalue weighted by atomic mass is 32.2. The lowest BCUT2D eigenvalue weighted by Gasteiger charge is -2.28. The van der Waals surface area contributed by atoms with Gasteiger partial charge in [0.15, 0.2) is 9.84 Å². The molecule has 1 aromatic rings. The molecule has 4 atom stereocenters. The van der Waals surface area contributed by atoms with E-state index in [-0.39, 0.29) is 17.7 Å². The minimum atomic E-state index is -3.05. The van der Waals surface area contributed by atoms with E-state index >= 15 is 0 Å². The summed E-state index contributed by atoms with van der Waals surface area (Å²) in [6.45, 7) is 2.11. The molecule has 5 heteroatoms. The number of amides is 1. The van der Waals surface area contributed by atoms with Gasteiger partial charge in [-0.15, -0.1) is 0 Å². The molecule has 1 amide bonds. The molecule has 0 saturated heterocycles. The highest BCUT2D eigenvalue weighted by molar-refractivity contribution is 7.89.